The number of rotatable bonds is 4. The maximum Gasteiger partial charge on any atom is 0.105 e. The lowest BCUT2D eigenvalue weighted by Gasteiger charge is -2.05. The molecule has 0 aliphatic heterocycles. The molecule has 3 nitrogen and oxygen atoms in total. The monoisotopic (exact) mass is 165 g/mol. The van der Waals surface area contributed by atoms with Gasteiger partial charge in [-0.2, -0.15) is 0 Å². The Bertz CT molecular complexity index is 250. The molecule has 1 saturated carbocycles. The van der Waals surface area contributed by atoms with Gasteiger partial charge in [0.1, 0.15) is 5.82 Å². The first-order valence-electron chi connectivity index (χ1n) is 4.57. The highest BCUT2D eigenvalue weighted by Gasteiger charge is 2.19. The second-order valence-electron chi connectivity index (χ2n) is 3.40. The first-order chi connectivity index (χ1) is 5.86. The summed E-state index contributed by atoms with van der Waals surface area (Å²) in [5.74, 6) is 1.10. The van der Waals surface area contributed by atoms with E-state index in [2.05, 4.69) is 14.9 Å². The van der Waals surface area contributed by atoms with E-state index in [1.165, 1.54) is 12.8 Å². The summed E-state index contributed by atoms with van der Waals surface area (Å²) >= 11 is 0. The van der Waals surface area contributed by atoms with E-state index >= 15 is 0 Å². The van der Waals surface area contributed by atoms with Crippen LogP contribution >= 0.6 is 0 Å². The van der Waals surface area contributed by atoms with Crippen molar-refractivity contribution >= 4 is 0 Å². The standard InChI is InChI=1S/C9H15N3/c1-8-10-4-6-12(8)7-5-11-9-2-3-9/h4,6,9,11H,2-3,5,7H2,1H3. The third kappa shape index (κ3) is 1.85. The molecule has 0 aromatic carbocycles. The molecule has 1 fully saturated rings. The third-order valence-corrected chi connectivity index (χ3v) is 2.29. The van der Waals surface area contributed by atoms with E-state index < -0.39 is 0 Å². The first kappa shape index (κ1) is 7.80. The molecule has 1 aromatic heterocycles. The maximum atomic E-state index is 4.17. The molecule has 1 N–H and O–H groups in total. The molecule has 0 radical (unpaired) electrons. The summed E-state index contributed by atoms with van der Waals surface area (Å²) in [6, 6.07) is 0.814. The van der Waals surface area contributed by atoms with Crippen LogP contribution in [0.4, 0.5) is 0 Å². The normalized spacial score (nSPS) is 16.8. The molecule has 1 aliphatic carbocycles. The van der Waals surface area contributed by atoms with Crippen LogP contribution in [0.3, 0.4) is 0 Å². The zero-order valence-corrected chi connectivity index (χ0v) is 7.45. The summed E-state index contributed by atoms with van der Waals surface area (Å²) in [6.07, 6.45) is 6.61. The lowest BCUT2D eigenvalue weighted by molar-refractivity contribution is 0.585. The minimum Gasteiger partial charge on any atom is -0.334 e. The highest BCUT2D eigenvalue weighted by molar-refractivity contribution is 4.89. The minimum absolute atomic E-state index is 0.814. The molecule has 1 aromatic rings. The molecule has 0 atom stereocenters. The van der Waals surface area contributed by atoms with Gasteiger partial charge in [0, 0.05) is 31.5 Å². The van der Waals surface area contributed by atoms with Gasteiger partial charge in [-0.25, -0.2) is 4.98 Å². The van der Waals surface area contributed by atoms with Crippen molar-refractivity contribution in [2.75, 3.05) is 6.54 Å². The van der Waals surface area contributed by atoms with Crippen molar-refractivity contribution in [3.8, 4) is 0 Å². The van der Waals surface area contributed by atoms with Gasteiger partial charge in [-0.15, -0.1) is 0 Å². The molecule has 0 spiro atoms. The van der Waals surface area contributed by atoms with Gasteiger partial charge in [0.05, 0.1) is 0 Å². The van der Waals surface area contributed by atoms with Crippen LogP contribution in [0.5, 0.6) is 0 Å². The second-order valence-corrected chi connectivity index (χ2v) is 3.40. The summed E-state index contributed by atoms with van der Waals surface area (Å²) in [6.45, 7) is 4.15. The van der Waals surface area contributed by atoms with Crippen molar-refractivity contribution < 1.29 is 0 Å². The van der Waals surface area contributed by atoms with Crippen molar-refractivity contribution in [3.63, 3.8) is 0 Å². The van der Waals surface area contributed by atoms with Crippen LogP contribution in [0.25, 0.3) is 0 Å². The number of hydrogen-bond donors (Lipinski definition) is 1. The highest BCUT2D eigenvalue weighted by Crippen LogP contribution is 2.18. The predicted molar refractivity (Wildman–Crippen MR) is 48.0 cm³/mol. The van der Waals surface area contributed by atoms with E-state index in [4.69, 9.17) is 0 Å². The van der Waals surface area contributed by atoms with Gasteiger partial charge in [0.2, 0.25) is 0 Å². The van der Waals surface area contributed by atoms with Crippen LogP contribution in [-0.4, -0.2) is 22.1 Å². The van der Waals surface area contributed by atoms with Gasteiger partial charge in [-0.05, 0) is 19.8 Å². The fraction of sp³-hybridized carbons (Fsp3) is 0.667. The molecular weight excluding hydrogens is 150 g/mol. The predicted octanol–water partition coefficient (Wildman–Crippen LogP) is 0.944. The summed E-state index contributed by atoms with van der Waals surface area (Å²) < 4.78 is 2.18. The van der Waals surface area contributed by atoms with Gasteiger partial charge in [-0.3, -0.25) is 0 Å². The van der Waals surface area contributed by atoms with Crippen LogP contribution in [0.15, 0.2) is 12.4 Å². The van der Waals surface area contributed by atoms with Crippen molar-refractivity contribution in [2.45, 2.75) is 32.4 Å². The molecule has 3 heteroatoms. The van der Waals surface area contributed by atoms with E-state index in [-0.39, 0.29) is 0 Å². The molecule has 2 rings (SSSR count). The lowest BCUT2D eigenvalue weighted by atomic mass is 10.5. The van der Waals surface area contributed by atoms with Crippen molar-refractivity contribution in [1.82, 2.24) is 14.9 Å². The molecule has 0 unspecified atom stereocenters. The van der Waals surface area contributed by atoms with E-state index in [0.29, 0.717) is 0 Å². The SMILES string of the molecule is Cc1nccn1CCNC1CC1. The number of nitrogens with zero attached hydrogens (tertiary/aromatic N) is 2. The number of nitrogens with one attached hydrogen (secondary N) is 1. The van der Waals surface area contributed by atoms with E-state index in [9.17, 15) is 0 Å². The van der Waals surface area contributed by atoms with Crippen LogP contribution in [0.1, 0.15) is 18.7 Å². The van der Waals surface area contributed by atoms with Crippen molar-refractivity contribution in [2.24, 2.45) is 0 Å². The lowest BCUT2D eigenvalue weighted by Crippen LogP contribution is -2.21. The fourth-order valence-corrected chi connectivity index (χ4v) is 1.32. The molecule has 1 heterocycles. The Kier molecular flexibility index (Phi) is 2.13. The van der Waals surface area contributed by atoms with Crippen LogP contribution in [0, 0.1) is 6.92 Å². The third-order valence-electron chi connectivity index (χ3n) is 2.29. The molecule has 0 bridgehead atoms. The summed E-state index contributed by atoms with van der Waals surface area (Å²) in [4.78, 5) is 4.17. The van der Waals surface area contributed by atoms with Gasteiger partial charge >= 0.3 is 0 Å². The summed E-state index contributed by atoms with van der Waals surface area (Å²) in [7, 11) is 0. The number of hydrogen-bond acceptors (Lipinski definition) is 2. The second kappa shape index (κ2) is 3.27. The van der Waals surface area contributed by atoms with Crippen LogP contribution in [0.2, 0.25) is 0 Å². The molecular formula is C9H15N3. The summed E-state index contributed by atoms with van der Waals surface area (Å²) in [5.41, 5.74) is 0. The van der Waals surface area contributed by atoms with Gasteiger partial charge in [0.15, 0.2) is 0 Å². The maximum absolute atomic E-state index is 4.17. The molecule has 1 aliphatic rings. The molecule has 0 saturated heterocycles. The van der Waals surface area contributed by atoms with Crippen LogP contribution in [-0.2, 0) is 6.54 Å². The Labute approximate surface area is 72.8 Å². The number of aryl methyl sites for hydroxylation is 1. The Hall–Kier alpha value is -0.830. The van der Waals surface area contributed by atoms with E-state index in [1.54, 1.807) is 0 Å². The zero-order chi connectivity index (χ0) is 8.39. The average molecular weight is 165 g/mol. The highest BCUT2D eigenvalue weighted by atomic mass is 15.1. The Morgan fingerprint density at radius 1 is 1.67 bits per heavy atom. The fourth-order valence-electron chi connectivity index (χ4n) is 1.32. The Morgan fingerprint density at radius 2 is 2.50 bits per heavy atom. The van der Waals surface area contributed by atoms with E-state index in [0.717, 1.165) is 25.0 Å². The minimum atomic E-state index is 0.814. The first-order valence-corrected chi connectivity index (χ1v) is 4.57. The smallest absolute Gasteiger partial charge is 0.105 e. The Morgan fingerprint density at radius 3 is 3.08 bits per heavy atom. The van der Waals surface area contributed by atoms with Gasteiger partial charge in [-0.1, -0.05) is 0 Å². The van der Waals surface area contributed by atoms with Gasteiger partial charge < -0.3 is 9.88 Å². The largest absolute Gasteiger partial charge is 0.334 e. The summed E-state index contributed by atoms with van der Waals surface area (Å²) in [5, 5.41) is 3.47. The van der Waals surface area contributed by atoms with Crippen LogP contribution < -0.4 is 5.32 Å². The zero-order valence-electron chi connectivity index (χ0n) is 7.45. The van der Waals surface area contributed by atoms with Crippen molar-refractivity contribution in [3.05, 3.63) is 18.2 Å². The molecule has 0 amide bonds. The quantitative estimate of drug-likeness (QED) is 0.719. The van der Waals surface area contributed by atoms with Gasteiger partial charge in [0.25, 0.3) is 0 Å². The van der Waals surface area contributed by atoms with Crippen molar-refractivity contribution in [1.29, 1.82) is 0 Å². The molecule has 12 heavy (non-hydrogen) atoms. The number of imidazole rings is 1. The Balaban J connectivity index is 1.75. The molecule has 66 valence electrons. The average Bonchev–Trinajstić information content (AvgIpc) is 2.78. The van der Waals surface area contributed by atoms with E-state index in [1.807, 2.05) is 19.3 Å². The number of aromatic nitrogens is 2. The topological polar surface area (TPSA) is 29.9 Å².